The lowest BCUT2D eigenvalue weighted by atomic mass is 10.1. The summed E-state index contributed by atoms with van der Waals surface area (Å²) in [6.07, 6.45) is 2.10. The van der Waals surface area contributed by atoms with Gasteiger partial charge in [0.05, 0.1) is 11.5 Å². The number of nitrogens with one attached hydrogen (secondary N) is 1. The fraction of sp³-hybridized carbons (Fsp3) is 0.167. The van der Waals surface area contributed by atoms with E-state index in [0.29, 0.717) is 28.2 Å². The lowest BCUT2D eigenvalue weighted by Gasteiger charge is -2.06. The minimum atomic E-state index is -2.44. The number of carbonyl (C=O) groups is 1. The number of amides is 1. The minimum Gasteiger partial charge on any atom is -0.303 e. The number of benzene rings is 2. The van der Waals surface area contributed by atoms with Gasteiger partial charge >= 0.3 is 0 Å². The molecule has 1 heterocycles. The van der Waals surface area contributed by atoms with E-state index < -0.39 is 5.76 Å². The summed E-state index contributed by atoms with van der Waals surface area (Å²) in [6.45, 7) is 0. The van der Waals surface area contributed by atoms with Crippen LogP contribution in [0.4, 0.5) is 8.78 Å². The normalized spacial score (nSPS) is 18.6. The number of thioether (sulfide) groups is 2. The molecule has 1 amide bonds. The van der Waals surface area contributed by atoms with E-state index >= 15 is 0 Å². The number of nitrogens with zero attached hydrogens (tertiary/aromatic N) is 2. The molecule has 1 aliphatic rings. The van der Waals surface area contributed by atoms with Crippen molar-refractivity contribution in [2.75, 3.05) is 0 Å². The fourth-order valence-corrected chi connectivity index (χ4v) is 4.03. The molecule has 1 atom stereocenters. The second-order valence-corrected chi connectivity index (χ2v) is 8.69. The van der Waals surface area contributed by atoms with E-state index in [4.69, 9.17) is 0 Å². The van der Waals surface area contributed by atoms with Crippen molar-refractivity contribution >= 4 is 56.7 Å². The third-order valence-corrected chi connectivity index (χ3v) is 5.89. The van der Waals surface area contributed by atoms with E-state index in [2.05, 4.69) is 31.4 Å². The average molecular weight is 470 g/mol. The van der Waals surface area contributed by atoms with E-state index in [1.807, 2.05) is 24.3 Å². The van der Waals surface area contributed by atoms with Gasteiger partial charge in [-0.05, 0) is 41.8 Å². The fourth-order valence-electron chi connectivity index (χ4n) is 2.30. The Labute approximate surface area is 172 Å². The van der Waals surface area contributed by atoms with Gasteiger partial charge in [-0.25, -0.2) is 0 Å². The van der Waals surface area contributed by atoms with Gasteiger partial charge in [-0.3, -0.25) is 4.79 Å². The molecule has 1 unspecified atom stereocenters. The predicted molar refractivity (Wildman–Crippen MR) is 111 cm³/mol. The Kier molecular flexibility index (Phi) is 7.03. The van der Waals surface area contributed by atoms with Crippen molar-refractivity contribution in [3.8, 4) is 0 Å². The molecule has 0 bridgehead atoms. The molecule has 1 saturated heterocycles. The highest BCUT2D eigenvalue weighted by atomic mass is 79.9. The van der Waals surface area contributed by atoms with Crippen molar-refractivity contribution in [1.82, 2.24) is 5.32 Å². The zero-order valence-electron chi connectivity index (χ0n) is 13.8. The second kappa shape index (κ2) is 9.48. The Morgan fingerprint density at radius 3 is 2.56 bits per heavy atom. The molecule has 0 radical (unpaired) electrons. The predicted octanol–water partition coefficient (Wildman–Crippen LogP) is 4.93. The summed E-state index contributed by atoms with van der Waals surface area (Å²) in [5.41, 5.74) is 1.80. The summed E-state index contributed by atoms with van der Waals surface area (Å²) >= 11 is 5.18. The maximum absolute atomic E-state index is 12.4. The maximum Gasteiger partial charge on any atom is 0.288 e. The first-order chi connectivity index (χ1) is 13.0. The highest BCUT2D eigenvalue weighted by Gasteiger charge is 2.30. The summed E-state index contributed by atoms with van der Waals surface area (Å²) in [4.78, 5) is 12.6. The van der Waals surface area contributed by atoms with Crippen molar-refractivity contribution in [2.24, 2.45) is 10.2 Å². The molecule has 140 valence electrons. The van der Waals surface area contributed by atoms with Gasteiger partial charge in [0.25, 0.3) is 5.76 Å². The lowest BCUT2D eigenvalue weighted by molar-refractivity contribution is -0.118. The summed E-state index contributed by atoms with van der Waals surface area (Å²) in [6, 6.07) is 14.4. The first-order valence-electron chi connectivity index (χ1n) is 7.87. The van der Waals surface area contributed by atoms with Gasteiger partial charge in [0, 0.05) is 9.37 Å². The van der Waals surface area contributed by atoms with E-state index in [1.54, 1.807) is 30.5 Å². The van der Waals surface area contributed by atoms with E-state index in [1.165, 1.54) is 11.8 Å². The van der Waals surface area contributed by atoms with Gasteiger partial charge < -0.3 is 5.32 Å². The lowest BCUT2D eigenvalue weighted by Crippen LogP contribution is -2.25. The molecule has 0 aliphatic carbocycles. The Balaban J connectivity index is 1.57. The van der Waals surface area contributed by atoms with E-state index in [9.17, 15) is 13.6 Å². The van der Waals surface area contributed by atoms with Crippen molar-refractivity contribution in [1.29, 1.82) is 0 Å². The van der Waals surface area contributed by atoms with Crippen LogP contribution in [0.25, 0.3) is 0 Å². The smallest absolute Gasteiger partial charge is 0.288 e. The monoisotopic (exact) mass is 469 g/mol. The molecule has 1 aliphatic heterocycles. The average Bonchev–Trinajstić information content (AvgIpc) is 2.97. The van der Waals surface area contributed by atoms with Crippen LogP contribution in [0.2, 0.25) is 0 Å². The number of alkyl halides is 2. The molecule has 2 aromatic rings. The molecule has 0 saturated carbocycles. The van der Waals surface area contributed by atoms with Crippen LogP contribution in [-0.2, 0) is 11.2 Å². The van der Waals surface area contributed by atoms with Crippen LogP contribution < -0.4 is 5.32 Å². The van der Waals surface area contributed by atoms with Crippen molar-refractivity contribution in [3.05, 3.63) is 64.1 Å². The Morgan fingerprint density at radius 1 is 1.19 bits per heavy atom. The molecule has 3 rings (SSSR count). The van der Waals surface area contributed by atoms with Crippen LogP contribution in [0.15, 0.2) is 68.1 Å². The quantitative estimate of drug-likeness (QED) is 0.370. The standard InChI is InChI=1S/C18H14BrF2N3OS2/c19-13-5-1-12(2-6-13)10-22-24-18-23-16(25)15(27-18)9-11-3-7-14(8-4-11)26-17(20)21/h1-8,10,15,17H,9H2,(H,23,24,25). The van der Waals surface area contributed by atoms with Crippen LogP contribution >= 0.6 is 39.5 Å². The Morgan fingerprint density at radius 2 is 1.89 bits per heavy atom. The molecule has 1 fully saturated rings. The summed E-state index contributed by atoms with van der Waals surface area (Å²) < 4.78 is 25.7. The van der Waals surface area contributed by atoms with Gasteiger partial charge in [0.1, 0.15) is 0 Å². The van der Waals surface area contributed by atoms with Gasteiger partial charge in [-0.2, -0.15) is 13.9 Å². The molecule has 2 aromatic carbocycles. The zero-order chi connectivity index (χ0) is 19.2. The molecule has 1 N–H and O–H groups in total. The molecular weight excluding hydrogens is 456 g/mol. The van der Waals surface area contributed by atoms with Crippen molar-refractivity contribution in [3.63, 3.8) is 0 Å². The molecular formula is C18H14BrF2N3OS2. The third-order valence-electron chi connectivity index (χ3n) is 3.57. The van der Waals surface area contributed by atoms with E-state index in [0.717, 1.165) is 15.6 Å². The summed E-state index contributed by atoms with van der Waals surface area (Å²) in [7, 11) is 0. The largest absolute Gasteiger partial charge is 0.303 e. The van der Waals surface area contributed by atoms with Gasteiger partial charge in [-0.15, -0.1) is 5.10 Å². The van der Waals surface area contributed by atoms with Gasteiger partial charge in [0.2, 0.25) is 5.91 Å². The summed E-state index contributed by atoms with van der Waals surface area (Å²) in [5, 5.41) is 10.9. The minimum absolute atomic E-state index is 0.136. The maximum atomic E-state index is 12.4. The van der Waals surface area contributed by atoms with E-state index in [-0.39, 0.29) is 11.2 Å². The first-order valence-corrected chi connectivity index (χ1v) is 10.4. The third kappa shape index (κ3) is 6.15. The number of halogens is 3. The molecule has 0 spiro atoms. The molecule has 4 nitrogen and oxygen atoms in total. The number of rotatable bonds is 6. The van der Waals surface area contributed by atoms with Gasteiger partial charge in [-0.1, -0.05) is 63.7 Å². The number of hydrogen-bond donors (Lipinski definition) is 1. The highest BCUT2D eigenvalue weighted by molar-refractivity contribution is 9.10. The van der Waals surface area contributed by atoms with Gasteiger partial charge in [0.15, 0.2) is 5.17 Å². The number of amidine groups is 1. The second-order valence-electron chi connectivity index (χ2n) is 5.52. The van der Waals surface area contributed by atoms with Crippen LogP contribution in [0.3, 0.4) is 0 Å². The van der Waals surface area contributed by atoms with Crippen molar-refractivity contribution in [2.45, 2.75) is 22.3 Å². The highest BCUT2D eigenvalue weighted by Crippen LogP contribution is 2.27. The van der Waals surface area contributed by atoms with Crippen molar-refractivity contribution < 1.29 is 13.6 Å². The van der Waals surface area contributed by atoms with Crippen LogP contribution in [0.1, 0.15) is 11.1 Å². The first kappa shape index (κ1) is 20.0. The number of carbonyl (C=O) groups excluding carboxylic acids is 1. The Bertz CT molecular complexity index is 858. The molecule has 0 aromatic heterocycles. The Hall–Kier alpha value is -1.71. The summed E-state index contributed by atoms with van der Waals surface area (Å²) in [5.74, 6) is -2.58. The van der Waals surface area contributed by atoms with Crippen LogP contribution in [0, 0.1) is 0 Å². The number of hydrogen-bond acceptors (Lipinski definition) is 5. The van der Waals surface area contributed by atoms with Crippen LogP contribution in [0.5, 0.6) is 0 Å². The molecule has 9 heteroatoms. The van der Waals surface area contributed by atoms with Crippen LogP contribution in [-0.4, -0.2) is 28.3 Å². The SMILES string of the molecule is O=C1NC(=NN=Cc2ccc(Br)cc2)SC1Cc1ccc(SC(F)F)cc1. The zero-order valence-corrected chi connectivity index (χ0v) is 17.0. The topological polar surface area (TPSA) is 53.8 Å². The molecule has 27 heavy (non-hydrogen) atoms.